The molecule has 0 radical (unpaired) electrons. The van der Waals surface area contributed by atoms with Gasteiger partial charge in [0.1, 0.15) is 0 Å². The molecule has 0 aromatic rings. The van der Waals surface area contributed by atoms with Crippen molar-refractivity contribution >= 4 is 29.9 Å². The molecule has 0 bridgehead atoms. The minimum absolute atomic E-state index is 0. The van der Waals surface area contributed by atoms with Crippen LogP contribution in [0, 0.1) is 5.92 Å². The molecule has 0 aromatic carbocycles. The van der Waals surface area contributed by atoms with Gasteiger partial charge >= 0.3 is 0 Å². The highest BCUT2D eigenvalue weighted by Gasteiger charge is 2.13. The van der Waals surface area contributed by atoms with E-state index in [0.717, 1.165) is 19.0 Å². The molecule has 0 aliphatic carbocycles. The van der Waals surface area contributed by atoms with Crippen molar-refractivity contribution in [3.8, 4) is 0 Å². The Kier molecular flexibility index (Phi) is 12.7. The van der Waals surface area contributed by atoms with Crippen molar-refractivity contribution in [1.82, 2.24) is 15.5 Å². The van der Waals surface area contributed by atoms with Crippen LogP contribution < -0.4 is 10.6 Å². The normalized spacial score (nSPS) is 18.2. The van der Waals surface area contributed by atoms with Crippen LogP contribution in [0.2, 0.25) is 0 Å². The highest BCUT2D eigenvalue weighted by atomic mass is 127. The quantitative estimate of drug-likeness (QED) is 0.301. The maximum atomic E-state index is 4.26. The fourth-order valence-electron chi connectivity index (χ4n) is 2.52. The van der Waals surface area contributed by atoms with Crippen LogP contribution in [0.25, 0.3) is 0 Å². The Morgan fingerprint density at radius 1 is 1.20 bits per heavy atom. The maximum absolute atomic E-state index is 4.26. The monoisotopic (exact) mass is 396 g/mol. The number of unbranched alkanes of at least 4 members (excludes halogenated alkanes) is 1. The summed E-state index contributed by atoms with van der Waals surface area (Å²) in [4.78, 5) is 6.86. The van der Waals surface area contributed by atoms with Crippen molar-refractivity contribution in [2.75, 3.05) is 39.8 Å². The zero-order valence-corrected chi connectivity index (χ0v) is 15.8. The van der Waals surface area contributed by atoms with Crippen molar-refractivity contribution in [2.45, 2.75) is 46.0 Å². The van der Waals surface area contributed by atoms with Crippen LogP contribution in [-0.4, -0.2) is 50.6 Å². The van der Waals surface area contributed by atoms with Crippen molar-refractivity contribution in [2.24, 2.45) is 10.9 Å². The van der Waals surface area contributed by atoms with Crippen LogP contribution in [0.4, 0.5) is 0 Å². The SMILES string of the molecule is CCCCNC(=NC)NCC(C)CN1CCCCC1.I. The molecule has 1 saturated heterocycles. The molecule has 0 amide bonds. The van der Waals surface area contributed by atoms with E-state index in [9.17, 15) is 0 Å². The van der Waals surface area contributed by atoms with Gasteiger partial charge in [-0.05, 0) is 38.3 Å². The number of halogens is 1. The van der Waals surface area contributed by atoms with Gasteiger partial charge in [0.25, 0.3) is 0 Å². The Morgan fingerprint density at radius 2 is 1.90 bits per heavy atom. The van der Waals surface area contributed by atoms with Crippen LogP contribution in [0.3, 0.4) is 0 Å². The Labute approximate surface area is 142 Å². The average Bonchev–Trinajstić information content (AvgIpc) is 2.44. The number of aliphatic imine (C=N–C) groups is 1. The van der Waals surface area contributed by atoms with Gasteiger partial charge in [0.2, 0.25) is 0 Å². The van der Waals surface area contributed by atoms with Crippen molar-refractivity contribution in [3.05, 3.63) is 0 Å². The Bertz CT molecular complexity index is 252. The Balaban J connectivity index is 0.00000361. The average molecular weight is 396 g/mol. The molecule has 120 valence electrons. The number of likely N-dealkylation sites (tertiary alicyclic amines) is 1. The minimum atomic E-state index is 0. The van der Waals surface area contributed by atoms with E-state index in [4.69, 9.17) is 0 Å². The fourth-order valence-corrected chi connectivity index (χ4v) is 2.52. The molecule has 0 aromatic heterocycles. The summed E-state index contributed by atoms with van der Waals surface area (Å²) >= 11 is 0. The molecule has 1 unspecified atom stereocenters. The number of hydrogen-bond donors (Lipinski definition) is 2. The third-order valence-electron chi connectivity index (χ3n) is 3.68. The van der Waals surface area contributed by atoms with Crippen molar-refractivity contribution in [1.29, 1.82) is 0 Å². The van der Waals surface area contributed by atoms with Gasteiger partial charge in [-0.3, -0.25) is 4.99 Å². The van der Waals surface area contributed by atoms with Gasteiger partial charge in [0, 0.05) is 26.7 Å². The van der Waals surface area contributed by atoms with E-state index < -0.39 is 0 Å². The van der Waals surface area contributed by atoms with E-state index in [1.807, 2.05) is 7.05 Å². The number of piperidine rings is 1. The van der Waals surface area contributed by atoms with Gasteiger partial charge in [-0.15, -0.1) is 24.0 Å². The van der Waals surface area contributed by atoms with E-state index in [2.05, 4.69) is 34.4 Å². The minimum Gasteiger partial charge on any atom is -0.356 e. The van der Waals surface area contributed by atoms with Crippen LogP contribution in [-0.2, 0) is 0 Å². The number of guanidine groups is 1. The molecule has 2 N–H and O–H groups in total. The second-order valence-electron chi connectivity index (χ2n) is 5.70. The van der Waals surface area contributed by atoms with Gasteiger partial charge in [-0.1, -0.05) is 26.7 Å². The molecule has 5 heteroatoms. The molecule has 0 spiro atoms. The molecule has 1 fully saturated rings. The highest BCUT2D eigenvalue weighted by Crippen LogP contribution is 2.10. The van der Waals surface area contributed by atoms with Gasteiger partial charge in [0.05, 0.1) is 0 Å². The first kappa shape index (κ1) is 20.0. The molecule has 4 nitrogen and oxygen atoms in total. The molecule has 1 heterocycles. The standard InChI is InChI=1S/C15H32N4.HI/c1-4-5-9-17-15(16-3)18-12-14(2)13-19-10-7-6-8-11-19;/h14H,4-13H2,1-3H3,(H2,16,17,18);1H. The molecular weight excluding hydrogens is 363 g/mol. The second kappa shape index (κ2) is 12.7. The third-order valence-corrected chi connectivity index (χ3v) is 3.68. The van der Waals surface area contributed by atoms with Crippen LogP contribution in [0.1, 0.15) is 46.0 Å². The lowest BCUT2D eigenvalue weighted by atomic mass is 10.1. The summed E-state index contributed by atoms with van der Waals surface area (Å²) in [7, 11) is 1.84. The summed E-state index contributed by atoms with van der Waals surface area (Å²) in [5.74, 6) is 1.61. The number of hydrogen-bond acceptors (Lipinski definition) is 2. The lowest BCUT2D eigenvalue weighted by Crippen LogP contribution is -2.42. The highest BCUT2D eigenvalue weighted by molar-refractivity contribution is 14.0. The summed E-state index contributed by atoms with van der Waals surface area (Å²) in [6, 6.07) is 0. The lowest BCUT2D eigenvalue weighted by molar-refractivity contribution is 0.201. The zero-order chi connectivity index (χ0) is 13.9. The van der Waals surface area contributed by atoms with E-state index in [0.29, 0.717) is 5.92 Å². The lowest BCUT2D eigenvalue weighted by Gasteiger charge is -2.29. The first-order chi connectivity index (χ1) is 9.26. The third kappa shape index (κ3) is 9.00. The fraction of sp³-hybridized carbons (Fsp3) is 0.933. The molecule has 1 aliphatic rings. The van der Waals surface area contributed by atoms with Crippen LogP contribution in [0.15, 0.2) is 4.99 Å². The first-order valence-electron chi connectivity index (χ1n) is 7.93. The topological polar surface area (TPSA) is 39.7 Å². The largest absolute Gasteiger partial charge is 0.356 e. The van der Waals surface area contributed by atoms with E-state index in [1.165, 1.54) is 51.7 Å². The van der Waals surface area contributed by atoms with Crippen molar-refractivity contribution < 1.29 is 0 Å². The van der Waals surface area contributed by atoms with Crippen LogP contribution in [0.5, 0.6) is 0 Å². The predicted molar refractivity (Wildman–Crippen MR) is 99.1 cm³/mol. The maximum Gasteiger partial charge on any atom is 0.190 e. The summed E-state index contributed by atoms with van der Waals surface area (Å²) in [5, 5.41) is 6.78. The smallest absolute Gasteiger partial charge is 0.190 e. The number of nitrogens with zero attached hydrogens (tertiary/aromatic N) is 2. The summed E-state index contributed by atoms with van der Waals surface area (Å²) < 4.78 is 0. The predicted octanol–water partition coefficient (Wildman–Crippen LogP) is 2.69. The molecule has 1 rings (SSSR count). The van der Waals surface area contributed by atoms with Gasteiger partial charge < -0.3 is 15.5 Å². The van der Waals surface area contributed by atoms with Crippen molar-refractivity contribution in [3.63, 3.8) is 0 Å². The Morgan fingerprint density at radius 3 is 2.50 bits per heavy atom. The zero-order valence-electron chi connectivity index (χ0n) is 13.5. The van der Waals surface area contributed by atoms with Crippen LogP contribution >= 0.6 is 24.0 Å². The van der Waals surface area contributed by atoms with Gasteiger partial charge in [-0.25, -0.2) is 0 Å². The summed E-state index contributed by atoms with van der Waals surface area (Å²) in [6.45, 7) is 10.3. The van der Waals surface area contributed by atoms with E-state index >= 15 is 0 Å². The first-order valence-corrected chi connectivity index (χ1v) is 7.93. The molecular formula is C15H33IN4. The molecule has 1 aliphatic heterocycles. The van der Waals surface area contributed by atoms with Gasteiger partial charge in [0.15, 0.2) is 5.96 Å². The molecule has 0 saturated carbocycles. The van der Waals surface area contributed by atoms with E-state index in [1.54, 1.807) is 0 Å². The van der Waals surface area contributed by atoms with Gasteiger partial charge in [-0.2, -0.15) is 0 Å². The second-order valence-corrected chi connectivity index (χ2v) is 5.70. The summed E-state index contributed by atoms with van der Waals surface area (Å²) in [5.41, 5.74) is 0. The number of rotatable bonds is 7. The summed E-state index contributed by atoms with van der Waals surface area (Å²) in [6.07, 6.45) is 6.58. The molecule has 1 atom stereocenters. The Hall–Kier alpha value is -0.0400. The van der Waals surface area contributed by atoms with E-state index in [-0.39, 0.29) is 24.0 Å². The number of nitrogens with one attached hydrogen (secondary N) is 2. The molecule has 20 heavy (non-hydrogen) atoms.